The number of rotatable bonds is 8. The van der Waals surface area contributed by atoms with Gasteiger partial charge in [-0.25, -0.2) is 0 Å². The highest BCUT2D eigenvalue weighted by Gasteiger charge is 2.20. The van der Waals surface area contributed by atoms with Gasteiger partial charge in [-0.1, -0.05) is 35.4 Å². The maximum absolute atomic E-state index is 12.3. The lowest BCUT2D eigenvalue weighted by molar-refractivity contribution is -0.126. The van der Waals surface area contributed by atoms with Crippen LogP contribution in [0.25, 0.3) is 0 Å². The molecule has 0 heterocycles. The van der Waals surface area contributed by atoms with Crippen molar-refractivity contribution in [3.05, 3.63) is 40.9 Å². The lowest BCUT2D eigenvalue weighted by Crippen LogP contribution is -2.46. The molecule has 0 fully saturated rings. The maximum atomic E-state index is 12.3. The highest BCUT2D eigenvalue weighted by molar-refractivity contribution is 6.33. The third-order valence-electron chi connectivity index (χ3n) is 4.71. The predicted molar refractivity (Wildman–Crippen MR) is 106 cm³/mol. The van der Waals surface area contributed by atoms with E-state index in [9.17, 15) is 9.59 Å². The summed E-state index contributed by atoms with van der Waals surface area (Å²) in [6, 6.07) is 6.70. The van der Waals surface area contributed by atoms with Crippen LogP contribution >= 0.6 is 11.6 Å². The Hall–Kier alpha value is -1.85. The molecule has 6 heteroatoms. The van der Waals surface area contributed by atoms with Crippen molar-refractivity contribution in [1.29, 1.82) is 0 Å². The molecule has 0 aliphatic heterocycles. The Kier molecular flexibility index (Phi) is 8.13. The zero-order valence-corrected chi connectivity index (χ0v) is 16.3. The van der Waals surface area contributed by atoms with Crippen molar-refractivity contribution in [3.63, 3.8) is 0 Å². The Morgan fingerprint density at radius 3 is 2.73 bits per heavy atom. The number of carbonyl (C=O) groups is 2. The predicted octanol–water partition coefficient (Wildman–Crippen LogP) is 3.61. The van der Waals surface area contributed by atoms with E-state index >= 15 is 0 Å². The van der Waals surface area contributed by atoms with Crippen molar-refractivity contribution < 1.29 is 9.59 Å². The molecule has 2 rings (SSSR count). The van der Waals surface area contributed by atoms with E-state index in [1.54, 1.807) is 37.1 Å². The monoisotopic (exact) mass is 377 g/mol. The molecule has 1 aliphatic rings. The summed E-state index contributed by atoms with van der Waals surface area (Å²) >= 11 is 6.04. The topological polar surface area (TPSA) is 61.4 Å². The summed E-state index contributed by atoms with van der Waals surface area (Å²) in [4.78, 5) is 26.2. The molecule has 2 amide bonds. The van der Waals surface area contributed by atoms with E-state index in [1.807, 2.05) is 6.07 Å². The molecule has 0 saturated carbocycles. The highest BCUT2D eigenvalue weighted by atomic mass is 35.5. The standard InChI is InChI=1S/C20H28ClN3O2/c1-15(20(26)22-13-12-16-8-4-3-5-9-16)24(2)14-19(25)23-18-11-7-6-10-17(18)21/h6-8,10-11,15H,3-5,9,12-14H2,1-2H3,(H,22,26)(H,23,25)/t15-/m1/s1. The molecule has 26 heavy (non-hydrogen) atoms. The van der Waals surface area contributed by atoms with Gasteiger partial charge >= 0.3 is 0 Å². The van der Waals surface area contributed by atoms with Gasteiger partial charge in [-0.15, -0.1) is 0 Å². The van der Waals surface area contributed by atoms with Crippen LogP contribution in [0.15, 0.2) is 35.9 Å². The fourth-order valence-corrected chi connectivity index (χ4v) is 3.12. The fraction of sp³-hybridized carbons (Fsp3) is 0.500. The Balaban J connectivity index is 1.74. The average molecular weight is 378 g/mol. The zero-order chi connectivity index (χ0) is 18.9. The largest absolute Gasteiger partial charge is 0.354 e. The molecule has 5 nitrogen and oxygen atoms in total. The number of hydrogen-bond donors (Lipinski definition) is 2. The molecule has 142 valence electrons. The summed E-state index contributed by atoms with van der Waals surface area (Å²) in [5.74, 6) is -0.262. The van der Waals surface area contributed by atoms with Gasteiger partial charge in [-0.2, -0.15) is 0 Å². The zero-order valence-electron chi connectivity index (χ0n) is 15.6. The van der Waals surface area contributed by atoms with Gasteiger partial charge in [0.25, 0.3) is 0 Å². The molecule has 1 atom stereocenters. The molecule has 1 aromatic carbocycles. The normalized spacial score (nSPS) is 15.3. The van der Waals surface area contributed by atoms with Crippen molar-refractivity contribution >= 4 is 29.1 Å². The summed E-state index contributed by atoms with van der Waals surface area (Å²) in [7, 11) is 1.76. The Morgan fingerprint density at radius 2 is 2.04 bits per heavy atom. The van der Waals surface area contributed by atoms with Crippen LogP contribution in [0, 0.1) is 0 Å². The number of para-hydroxylation sites is 1. The lowest BCUT2D eigenvalue weighted by Gasteiger charge is -2.23. The third kappa shape index (κ3) is 6.46. The minimum Gasteiger partial charge on any atom is -0.354 e. The molecule has 0 spiro atoms. The first-order chi connectivity index (χ1) is 12.5. The van der Waals surface area contributed by atoms with Gasteiger partial charge in [0.05, 0.1) is 23.3 Å². The van der Waals surface area contributed by atoms with Crippen LogP contribution in [0.1, 0.15) is 39.0 Å². The molecule has 0 saturated heterocycles. The number of benzene rings is 1. The van der Waals surface area contributed by atoms with E-state index in [-0.39, 0.29) is 24.4 Å². The number of amides is 2. The number of allylic oxidation sites excluding steroid dienone is 1. The quantitative estimate of drug-likeness (QED) is 0.680. The SMILES string of the molecule is C[C@H](C(=O)NCCC1=CCCCC1)N(C)CC(=O)Nc1ccccc1Cl. The van der Waals surface area contributed by atoms with E-state index < -0.39 is 0 Å². The van der Waals surface area contributed by atoms with Gasteiger partial charge < -0.3 is 10.6 Å². The first-order valence-corrected chi connectivity index (χ1v) is 9.55. The van der Waals surface area contributed by atoms with Crippen molar-refractivity contribution in [3.8, 4) is 0 Å². The number of hydrogen-bond acceptors (Lipinski definition) is 3. The molecule has 0 bridgehead atoms. The minimum atomic E-state index is -0.382. The summed E-state index contributed by atoms with van der Waals surface area (Å²) in [6.07, 6.45) is 8.03. The molecular weight excluding hydrogens is 350 g/mol. The smallest absolute Gasteiger partial charge is 0.238 e. The molecule has 1 aliphatic carbocycles. The van der Waals surface area contributed by atoms with Crippen LogP contribution in [0.2, 0.25) is 5.02 Å². The first kappa shape index (κ1) is 20.5. The van der Waals surface area contributed by atoms with E-state index in [0.717, 1.165) is 19.3 Å². The Bertz CT molecular complexity index is 660. The second-order valence-corrected chi connectivity index (χ2v) is 7.18. The average Bonchev–Trinajstić information content (AvgIpc) is 2.63. The van der Waals surface area contributed by atoms with Crippen LogP contribution in [-0.2, 0) is 9.59 Å². The molecule has 0 unspecified atom stereocenters. The first-order valence-electron chi connectivity index (χ1n) is 9.17. The summed E-state index contributed by atoms with van der Waals surface area (Å²) < 4.78 is 0. The van der Waals surface area contributed by atoms with Crippen molar-refractivity contribution in [2.24, 2.45) is 0 Å². The summed E-state index contributed by atoms with van der Waals surface area (Å²) in [5, 5.41) is 6.23. The third-order valence-corrected chi connectivity index (χ3v) is 5.04. The van der Waals surface area contributed by atoms with Gasteiger partial charge in [0, 0.05) is 6.54 Å². The fourth-order valence-electron chi connectivity index (χ4n) is 2.94. The number of likely N-dealkylation sites (N-methyl/N-ethyl adjacent to an activating group) is 1. The maximum Gasteiger partial charge on any atom is 0.238 e. The van der Waals surface area contributed by atoms with Crippen LogP contribution in [0.4, 0.5) is 5.69 Å². The van der Waals surface area contributed by atoms with Crippen LogP contribution in [0.5, 0.6) is 0 Å². The second kappa shape index (κ2) is 10.3. The van der Waals surface area contributed by atoms with E-state index in [1.165, 1.54) is 18.4 Å². The molecular formula is C20H28ClN3O2. The van der Waals surface area contributed by atoms with Gasteiger partial charge in [0.2, 0.25) is 11.8 Å². The van der Waals surface area contributed by atoms with E-state index in [4.69, 9.17) is 11.6 Å². The van der Waals surface area contributed by atoms with Gasteiger partial charge in [0.1, 0.15) is 0 Å². The molecule has 2 N–H and O–H groups in total. The van der Waals surface area contributed by atoms with Crippen molar-refractivity contribution in [2.75, 3.05) is 25.5 Å². The molecule has 0 radical (unpaired) electrons. The van der Waals surface area contributed by atoms with Crippen LogP contribution in [0.3, 0.4) is 0 Å². The number of nitrogens with zero attached hydrogens (tertiary/aromatic N) is 1. The molecule has 1 aromatic rings. The van der Waals surface area contributed by atoms with E-state index in [2.05, 4.69) is 16.7 Å². The van der Waals surface area contributed by atoms with Crippen LogP contribution < -0.4 is 10.6 Å². The minimum absolute atomic E-state index is 0.0607. The number of anilines is 1. The second-order valence-electron chi connectivity index (χ2n) is 6.77. The van der Waals surface area contributed by atoms with Gasteiger partial charge in [-0.05, 0) is 58.2 Å². The molecule has 0 aromatic heterocycles. The summed E-state index contributed by atoms with van der Waals surface area (Å²) in [6.45, 7) is 2.57. The van der Waals surface area contributed by atoms with Crippen molar-refractivity contribution in [1.82, 2.24) is 10.2 Å². The highest BCUT2D eigenvalue weighted by Crippen LogP contribution is 2.20. The van der Waals surface area contributed by atoms with Crippen molar-refractivity contribution in [2.45, 2.75) is 45.1 Å². The number of carbonyl (C=O) groups excluding carboxylic acids is 2. The number of nitrogens with one attached hydrogen (secondary N) is 2. The van der Waals surface area contributed by atoms with E-state index in [0.29, 0.717) is 17.3 Å². The Morgan fingerprint density at radius 1 is 1.27 bits per heavy atom. The Labute approximate surface area is 160 Å². The number of halogens is 1. The van der Waals surface area contributed by atoms with Crippen LogP contribution in [-0.4, -0.2) is 42.9 Å². The van der Waals surface area contributed by atoms with Gasteiger partial charge in [0.15, 0.2) is 0 Å². The lowest BCUT2D eigenvalue weighted by atomic mass is 9.97. The summed E-state index contributed by atoms with van der Waals surface area (Å²) in [5.41, 5.74) is 2.02. The van der Waals surface area contributed by atoms with Gasteiger partial charge in [-0.3, -0.25) is 14.5 Å².